The molecule has 2 rings (SSSR count). The van der Waals surface area contributed by atoms with Gasteiger partial charge in [0, 0.05) is 5.69 Å². The van der Waals surface area contributed by atoms with E-state index >= 15 is 0 Å². The highest BCUT2D eigenvalue weighted by Gasteiger charge is 2.15. The van der Waals surface area contributed by atoms with E-state index in [0.29, 0.717) is 17.1 Å². The highest BCUT2D eigenvalue weighted by Crippen LogP contribution is 2.25. The maximum atomic E-state index is 12.6. The van der Waals surface area contributed by atoms with E-state index < -0.39 is 11.5 Å². The third-order valence-corrected chi connectivity index (χ3v) is 2.44. The summed E-state index contributed by atoms with van der Waals surface area (Å²) < 4.78 is 19.1. The first-order valence-electron chi connectivity index (χ1n) is 5.12. The van der Waals surface area contributed by atoms with Crippen LogP contribution in [0.1, 0.15) is 0 Å². The number of nitrogens with one attached hydrogen (secondary N) is 1. The number of ether oxygens (including phenoxy) is 1. The lowest BCUT2D eigenvalue weighted by Gasteiger charge is -2.10. The minimum atomic E-state index is -2.11. The van der Waals surface area contributed by atoms with Gasteiger partial charge in [-0.2, -0.15) is 4.68 Å². The van der Waals surface area contributed by atoms with E-state index in [0.717, 1.165) is 0 Å². The van der Waals surface area contributed by atoms with E-state index in [1.165, 1.54) is 24.2 Å². The van der Waals surface area contributed by atoms with Crippen molar-refractivity contribution in [2.45, 2.75) is 5.63 Å². The van der Waals surface area contributed by atoms with Crippen molar-refractivity contribution in [3.05, 3.63) is 24.5 Å². The number of rotatable bonds is 4. The highest BCUT2D eigenvalue weighted by molar-refractivity contribution is 6.31. The number of benzene rings is 1. The van der Waals surface area contributed by atoms with Crippen molar-refractivity contribution < 1.29 is 13.9 Å². The van der Waals surface area contributed by atoms with Crippen LogP contribution in [0.15, 0.2) is 24.5 Å². The quantitative estimate of drug-likeness (QED) is 0.852. The molecule has 0 aliphatic rings. The van der Waals surface area contributed by atoms with Crippen LogP contribution in [-0.2, 0) is 4.79 Å². The molecule has 1 atom stereocenters. The summed E-state index contributed by atoms with van der Waals surface area (Å²) in [5, 5.41) is 13.0. The van der Waals surface area contributed by atoms with Gasteiger partial charge >= 0.3 is 0 Å². The van der Waals surface area contributed by atoms with Gasteiger partial charge in [0.05, 0.1) is 7.11 Å². The van der Waals surface area contributed by atoms with E-state index in [1.807, 2.05) is 0 Å². The van der Waals surface area contributed by atoms with Crippen molar-refractivity contribution in [3.8, 4) is 11.4 Å². The van der Waals surface area contributed by atoms with Gasteiger partial charge in [-0.05, 0) is 28.6 Å². The fourth-order valence-corrected chi connectivity index (χ4v) is 1.47. The molecule has 1 aromatic heterocycles. The first kappa shape index (κ1) is 13.2. The number of hydrogen-bond donors (Lipinski definition) is 1. The minimum absolute atomic E-state index is 0.347. The van der Waals surface area contributed by atoms with Crippen molar-refractivity contribution >= 4 is 23.2 Å². The van der Waals surface area contributed by atoms with Crippen LogP contribution in [0, 0.1) is 0 Å². The number of alkyl halides is 2. The van der Waals surface area contributed by atoms with Gasteiger partial charge in [-0.25, -0.2) is 4.39 Å². The third-order valence-electron chi connectivity index (χ3n) is 2.24. The van der Waals surface area contributed by atoms with Gasteiger partial charge in [0.15, 0.2) is 0 Å². The fourth-order valence-electron chi connectivity index (χ4n) is 1.42. The van der Waals surface area contributed by atoms with E-state index in [9.17, 15) is 9.18 Å². The predicted octanol–water partition coefficient (Wildman–Crippen LogP) is 1.14. The van der Waals surface area contributed by atoms with Gasteiger partial charge in [-0.1, -0.05) is 11.6 Å². The number of halogens is 2. The Labute approximate surface area is 112 Å². The molecule has 0 saturated heterocycles. The molecule has 100 valence electrons. The summed E-state index contributed by atoms with van der Waals surface area (Å²) in [5.74, 6) is -0.456. The van der Waals surface area contributed by atoms with Gasteiger partial charge in [0.25, 0.3) is 11.5 Å². The minimum Gasteiger partial charge on any atom is -0.494 e. The Kier molecular flexibility index (Phi) is 3.91. The van der Waals surface area contributed by atoms with Crippen LogP contribution < -0.4 is 10.1 Å². The number of nitrogens with zero attached hydrogens (tertiary/aromatic N) is 4. The number of carbonyl (C=O) groups excluding carboxylic acids is 1. The zero-order chi connectivity index (χ0) is 13.8. The summed E-state index contributed by atoms with van der Waals surface area (Å²) in [6, 6.07) is 4.67. The van der Waals surface area contributed by atoms with E-state index in [4.69, 9.17) is 16.3 Å². The summed E-state index contributed by atoms with van der Waals surface area (Å²) >= 11 is 5.04. The van der Waals surface area contributed by atoms with Gasteiger partial charge in [0.2, 0.25) is 0 Å². The lowest BCUT2D eigenvalue weighted by Crippen LogP contribution is -2.19. The average molecular weight is 286 g/mol. The first-order chi connectivity index (χ1) is 9.11. The molecule has 0 spiro atoms. The number of hydrogen-bond acceptors (Lipinski definition) is 5. The molecule has 0 aliphatic carbocycles. The molecule has 0 aliphatic heterocycles. The van der Waals surface area contributed by atoms with E-state index in [2.05, 4.69) is 20.8 Å². The second-order valence-corrected chi connectivity index (χ2v) is 3.81. The second kappa shape index (κ2) is 5.61. The summed E-state index contributed by atoms with van der Waals surface area (Å²) in [5.41, 5.74) is -1.27. The average Bonchev–Trinajstić information content (AvgIpc) is 2.92. The molecular weight excluding hydrogens is 277 g/mol. The number of amides is 1. The summed E-state index contributed by atoms with van der Waals surface area (Å²) in [4.78, 5) is 11.2. The molecular formula is C10H9ClFN5O2. The number of carbonyl (C=O) groups is 1. The molecule has 9 heteroatoms. The Morgan fingerprint density at radius 1 is 1.58 bits per heavy atom. The van der Waals surface area contributed by atoms with Crippen LogP contribution in [-0.4, -0.2) is 38.9 Å². The Bertz CT molecular complexity index is 575. The number of tetrazole rings is 1. The Morgan fingerprint density at radius 2 is 2.37 bits per heavy atom. The Hall–Kier alpha value is -2.22. The smallest absolute Gasteiger partial charge is 0.274 e. The third kappa shape index (κ3) is 2.97. The van der Waals surface area contributed by atoms with Crippen molar-refractivity contribution in [2.24, 2.45) is 0 Å². The van der Waals surface area contributed by atoms with Crippen molar-refractivity contribution in [2.75, 3.05) is 12.4 Å². The standard InChI is InChI=1S/C10H9ClFN5O2/c1-19-8-3-2-6(14-10(18)9(11)12)4-7(8)17-5-13-15-16-17/h2-5,9H,1H3,(H,14,18). The molecule has 2 aromatic rings. The number of aromatic nitrogens is 4. The van der Waals surface area contributed by atoms with Crippen molar-refractivity contribution in [3.63, 3.8) is 0 Å². The van der Waals surface area contributed by atoms with Crippen molar-refractivity contribution in [1.29, 1.82) is 0 Å². The topological polar surface area (TPSA) is 81.9 Å². The molecule has 1 aromatic carbocycles. The number of methoxy groups -OCH3 is 1. The summed E-state index contributed by atoms with van der Waals surface area (Å²) in [6.45, 7) is 0. The van der Waals surface area contributed by atoms with Crippen molar-refractivity contribution in [1.82, 2.24) is 20.2 Å². The molecule has 0 bridgehead atoms. The van der Waals surface area contributed by atoms with Crippen LogP contribution in [0.2, 0.25) is 0 Å². The second-order valence-electron chi connectivity index (χ2n) is 3.43. The molecule has 0 saturated carbocycles. The molecule has 0 fully saturated rings. The first-order valence-corrected chi connectivity index (χ1v) is 5.56. The van der Waals surface area contributed by atoms with E-state index in [1.54, 1.807) is 12.1 Å². The maximum Gasteiger partial charge on any atom is 0.274 e. The van der Waals surface area contributed by atoms with Crippen LogP contribution in [0.5, 0.6) is 5.75 Å². The van der Waals surface area contributed by atoms with Crippen LogP contribution in [0.25, 0.3) is 5.69 Å². The molecule has 1 heterocycles. The molecule has 1 unspecified atom stereocenters. The molecule has 1 amide bonds. The van der Waals surface area contributed by atoms with Gasteiger partial charge in [0.1, 0.15) is 17.8 Å². The van der Waals surface area contributed by atoms with Crippen LogP contribution in [0.3, 0.4) is 0 Å². The van der Waals surface area contributed by atoms with Gasteiger partial charge < -0.3 is 10.1 Å². The molecule has 7 nitrogen and oxygen atoms in total. The van der Waals surface area contributed by atoms with E-state index in [-0.39, 0.29) is 0 Å². The number of anilines is 1. The lowest BCUT2D eigenvalue weighted by atomic mass is 10.2. The zero-order valence-corrected chi connectivity index (χ0v) is 10.5. The Balaban J connectivity index is 2.34. The fraction of sp³-hybridized carbons (Fsp3) is 0.200. The van der Waals surface area contributed by atoms with Gasteiger partial charge in [-0.15, -0.1) is 5.10 Å². The molecule has 19 heavy (non-hydrogen) atoms. The SMILES string of the molecule is COc1ccc(NC(=O)C(F)Cl)cc1-n1cnnn1. The molecule has 1 N–H and O–H groups in total. The normalized spacial score (nSPS) is 11.9. The summed E-state index contributed by atoms with van der Waals surface area (Å²) in [7, 11) is 1.48. The monoisotopic (exact) mass is 285 g/mol. The van der Waals surface area contributed by atoms with Gasteiger partial charge in [-0.3, -0.25) is 4.79 Å². The lowest BCUT2D eigenvalue weighted by molar-refractivity contribution is -0.118. The zero-order valence-electron chi connectivity index (χ0n) is 9.75. The Morgan fingerprint density at radius 3 is 2.95 bits per heavy atom. The highest BCUT2D eigenvalue weighted by atomic mass is 35.5. The van der Waals surface area contributed by atoms with Crippen LogP contribution in [0.4, 0.5) is 10.1 Å². The molecule has 0 radical (unpaired) electrons. The largest absolute Gasteiger partial charge is 0.494 e. The van der Waals surface area contributed by atoms with Crippen LogP contribution >= 0.6 is 11.6 Å². The predicted molar refractivity (Wildman–Crippen MR) is 65.1 cm³/mol. The summed E-state index contributed by atoms with van der Waals surface area (Å²) in [6.07, 6.45) is 1.36. The maximum absolute atomic E-state index is 12.6.